The molecule has 2 heterocycles. The molecule has 10 heteroatoms. The fraction of sp³-hybridized carbons (Fsp3) is 0.538. The summed E-state index contributed by atoms with van der Waals surface area (Å²) >= 11 is 0. The SMILES string of the molecule is CCCN(CCC)C(=O)C1=Cc2ccc(-c3ccc(C(=O)N4CCC(O[Si](C)(C)C(C)(C)C)C4)cc3)cc2N=C(N(C(=O)O)C(C)(C)C)C1. The Morgan fingerprint density at radius 3 is 2.12 bits per heavy atom. The zero-order valence-electron chi connectivity index (χ0n) is 31.2. The number of likely N-dealkylation sites (tertiary alicyclic amines) is 1. The third-order valence-electron chi connectivity index (χ3n) is 9.79. The van der Waals surface area contributed by atoms with Crippen LogP contribution in [-0.4, -0.2) is 89.7 Å². The number of nitrogens with zero attached hydrogens (tertiary/aromatic N) is 4. The normalized spacial score (nSPS) is 16.8. The van der Waals surface area contributed by atoms with Crippen molar-refractivity contribution in [1.29, 1.82) is 0 Å². The van der Waals surface area contributed by atoms with E-state index < -0.39 is 19.9 Å². The number of hydrogen-bond acceptors (Lipinski definition) is 5. The second-order valence-electron chi connectivity index (χ2n) is 15.8. The molecule has 266 valence electrons. The first kappa shape index (κ1) is 38.0. The molecule has 0 aliphatic carbocycles. The van der Waals surface area contributed by atoms with E-state index in [-0.39, 0.29) is 29.4 Å². The number of fused-ring (bicyclic) bond motifs is 1. The maximum Gasteiger partial charge on any atom is 0.413 e. The number of aliphatic imine (C=N–C) groups is 1. The third kappa shape index (κ3) is 8.89. The highest BCUT2D eigenvalue weighted by Crippen LogP contribution is 2.39. The zero-order valence-corrected chi connectivity index (χ0v) is 32.2. The topological polar surface area (TPSA) is 103 Å². The summed E-state index contributed by atoms with van der Waals surface area (Å²) in [5, 5.41) is 10.4. The number of carbonyl (C=O) groups excluding carboxylic acids is 2. The average Bonchev–Trinajstić information content (AvgIpc) is 3.38. The van der Waals surface area contributed by atoms with Crippen LogP contribution in [0.1, 0.15) is 97.0 Å². The molecule has 0 bridgehead atoms. The second-order valence-corrected chi connectivity index (χ2v) is 20.6. The average molecular weight is 689 g/mol. The largest absolute Gasteiger partial charge is 0.465 e. The van der Waals surface area contributed by atoms with Crippen molar-refractivity contribution in [2.75, 3.05) is 26.2 Å². The van der Waals surface area contributed by atoms with Crippen LogP contribution in [0.4, 0.5) is 10.5 Å². The minimum absolute atomic E-state index is 0.00233. The van der Waals surface area contributed by atoms with Gasteiger partial charge in [0, 0.05) is 54.8 Å². The minimum Gasteiger partial charge on any atom is -0.465 e. The Morgan fingerprint density at radius 1 is 0.959 bits per heavy atom. The molecular weight excluding hydrogens is 633 g/mol. The zero-order chi connectivity index (χ0) is 36.3. The molecule has 4 rings (SSSR count). The molecule has 2 aromatic rings. The molecule has 1 N–H and O–H groups in total. The Labute approximate surface area is 294 Å². The predicted molar refractivity (Wildman–Crippen MR) is 201 cm³/mol. The number of amides is 3. The summed E-state index contributed by atoms with van der Waals surface area (Å²) in [4.78, 5) is 49.8. The number of rotatable bonds is 9. The molecule has 2 aliphatic rings. The predicted octanol–water partition coefficient (Wildman–Crippen LogP) is 8.83. The van der Waals surface area contributed by atoms with Gasteiger partial charge in [-0.2, -0.15) is 0 Å². The van der Waals surface area contributed by atoms with Crippen molar-refractivity contribution in [1.82, 2.24) is 14.7 Å². The molecule has 2 aromatic carbocycles. The van der Waals surface area contributed by atoms with E-state index in [0.29, 0.717) is 48.8 Å². The summed E-state index contributed by atoms with van der Waals surface area (Å²) in [6.45, 7) is 23.3. The molecule has 0 radical (unpaired) electrons. The number of carboxylic acid groups (broad SMARTS) is 1. The Bertz CT molecular complexity index is 1590. The third-order valence-corrected chi connectivity index (χ3v) is 14.3. The number of benzene rings is 2. The molecule has 49 heavy (non-hydrogen) atoms. The van der Waals surface area contributed by atoms with E-state index in [1.165, 1.54) is 4.90 Å². The van der Waals surface area contributed by atoms with E-state index >= 15 is 0 Å². The number of hydrogen-bond donors (Lipinski definition) is 1. The maximum absolute atomic E-state index is 13.8. The molecule has 2 aliphatic heterocycles. The highest BCUT2D eigenvalue weighted by atomic mass is 28.4. The Kier molecular flexibility index (Phi) is 11.7. The maximum atomic E-state index is 13.8. The van der Waals surface area contributed by atoms with Crippen LogP contribution in [0.3, 0.4) is 0 Å². The number of amidine groups is 1. The van der Waals surface area contributed by atoms with Gasteiger partial charge < -0.3 is 19.3 Å². The van der Waals surface area contributed by atoms with Crippen molar-refractivity contribution in [2.24, 2.45) is 4.99 Å². The van der Waals surface area contributed by atoms with Crippen LogP contribution < -0.4 is 0 Å². The molecule has 1 unspecified atom stereocenters. The second kappa shape index (κ2) is 15.0. The summed E-state index contributed by atoms with van der Waals surface area (Å²) in [5.41, 5.74) is 3.50. The molecule has 1 fully saturated rings. The fourth-order valence-electron chi connectivity index (χ4n) is 6.23. The van der Waals surface area contributed by atoms with E-state index in [4.69, 9.17) is 9.42 Å². The van der Waals surface area contributed by atoms with Crippen molar-refractivity contribution < 1.29 is 23.9 Å². The van der Waals surface area contributed by atoms with Gasteiger partial charge in [0.25, 0.3) is 5.91 Å². The molecule has 1 saturated heterocycles. The van der Waals surface area contributed by atoms with Gasteiger partial charge in [0.15, 0.2) is 8.32 Å². The highest BCUT2D eigenvalue weighted by Gasteiger charge is 2.41. The molecule has 3 amide bonds. The van der Waals surface area contributed by atoms with Gasteiger partial charge in [0.1, 0.15) is 5.84 Å². The van der Waals surface area contributed by atoms with Gasteiger partial charge in [-0.15, -0.1) is 0 Å². The van der Waals surface area contributed by atoms with Crippen LogP contribution in [0.5, 0.6) is 0 Å². The fourth-order valence-corrected chi connectivity index (χ4v) is 7.61. The van der Waals surface area contributed by atoms with Crippen LogP contribution in [-0.2, 0) is 9.22 Å². The van der Waals surface area contributed by atoms with Crippen LogP contribution in [0, 0.1) is 0 Å². The standard InChI is InChI=1S/C39H56N4O5Si/c1-11-20-41(21-12-2)36(45)31-23-30-18-17-29(24-33(30)40-34(25-31)43(37(46)47)38(3,4)5)27-13-15-28(16-14-27)35(44)42-22-19-32(26-42)48-49(9,10)39(6,7)8/h13-18,23-24,32H,11-12,19-22,25-26H2,1-10H3,(H,46,47). The van der Waals surface area contributed by atoms with E-state index in [1.807, 2.05) is 93.0 Å². The number of carbonyl (C=O) groups is 3. The van der Waals surface area contributed by atoms with Gasteiger partial charge in [-0.3, -0.25) is 14.5 Å². The van der Waals surface area contributed by atoms with Gasteiger partial charge in [0.05, 0.1) is 11.8 Å². The van der Waals surface area contributed by atoms with Crippen molar-refractivity contribution in [3.05, 3.63) is 59.2 Å². The first-order chi connectivity index (χ1) is 22.9. The lowest BCUT2D eigenvalue weighted by Crippen LogP contribution is -2.49. The van der Waals surface area contributed by atoms with Crippen molar-refractivity contribution >= 4 is 43.8 Å². The smallest absolute Gasteiger partial charge is 0.413 e. The lowest BCUT2D eigenvalue weighted by atomic mass is 9.99. The summed E-state index contributed by atoms with van der Waals surface area (Å²) in [7, 11) is -1.92. The summed E-state index contributed by atoms with van der Waals surface area (Å²) < 4.78 is 6.59. The van der Waals surface area contributed by atoms with Crippen molar-refractivity contribution in [3.8, 4) is 11.1 Å². The van der Waals surface area contributed by atoms with Crippen molar-refractivity contribution in [3.63, 3.8) is 0 Å². The Morgan fingerprint density at radius 2 is 1.57 bits per heavy atom. The lowest BCUT2D eigenvalue weighted by Gasteiger charge is -2.38. The summed E-state index contributed by atoms with van der Waals surface area (Å²) in [6, 6.07) is 13.4. The van der Waals surface area contributed by atoms with Crippen LogP contribution >= 0.6 is 0 Å². The first-order valence-corrected chi connectivity index (χ1v) is 20.6. The lowest BCUT2D eigenvalue weighted by molar-refractivity contribution is -0.127. The van der Waals surface area contributed by atoms with Crippen molar-refractivity contribution in [2.45, 2.75) is 111 Å². The van der Waals surface area contributed by atoms with Crippen LogP contribution in [0.25, 0.3) is 17.2 Å². The minimum atomic E-state index is -1.92. The van der Waals surface area contributed by atoms with E-state index in [1.54, 1.807) is 0 Å². The van der Waals surface area contributed by atoms with Crippen LogP contribution in [0.2, 0.25) is 18.1 Å². The molecule has 0 aromatic heterocycles. The van der Waals surface area contributed by atoms with E-state index in [9.17, 15) is 19.5 Å². The van der Waals surface area contributed by atoms with Gasteiger partial charge in [-0.25, -0.2) is 9.79 Å². The molecule has 9 nitrogen and oxygen atoms in total. The monoisotopic (exact) mass is 688 g/mol. The quantitative estimate of drug-likeness (QED) is 0.265. The van der Waals surface area contributed by atoms with E-state index in [0.717, 1.165) is 36.0 Å². The van der Waals surface area contributed by atoms with Crippen LogP contribution in [0.15, 0.2) is 53.0 Å². The summed E-state index contributed by atoms with van der Waals surface area (Å²) in [6.07, 6.45) is 3.42. The van der Waals surface area contributed by atoms with Gasteiger partial charge in [-0.05, 0) is 93.6 Å². The molecular formula is C39H56N4O5Si. The van der Waals surface area contributed by atoms with Gasteiger partial charge in [-0.1, -0.05) is 58.9 Å². The Hall–Kier alpha value is -3.76. The van der Waals surface area contributed by atoms with E-state index in [2.05, 4.69) is 33.9 Å². The molecule has 1 atom stereocenters. The van der Waals surface area contributed by atoms with Gasteiger partial charge >= 0.3 is 6.09 Å². The van der Waals surface area contributed by atoms with Gasteiger partial charge in [0.2, 0.25) is 5.91 Å². The molecule has 0 spiro atoms. The molecule has 0 saturated carbocycles. The summed E-state index contributed by atoms with van der Waals surface area (Å²) in [5.74, 6) is 0.220. The Balaban J connectivity index is 1.63. The highest BCUT2D eigenvalue weighted by molar-refractivity contribution is 6.74. The first-order valence-electron chi connectivity index (χ1n) is 17.7.